The molecule has 0 spiro atoms. The number of fused-ring (bicyclic) bond motifs is 1. The lowest BCUT2D eigenvalue weighted by Crippen LogP contribution is -2.18. The summed E-state index contributed by atoms with van der Waals surface area (Å²) in [4.78, 5) is 15.7. The van der Waals surface area contributed by atoms with E-state index < -0.39 is 15.9 Å². The number of hydroxylamine groups is 1. The summed E-state index contributed by atoms with van der Waals surface area (Å²) in [5.41, 5.74) is 3.83. The van der Waals surface area contributed by atoms with Crippen molar-refractivity contribution in [1.82, 2.24) is 10.5 Å². The minimum Gasteiger partial charge on any atom is -0.436 e. The number of nitrogens with zero attached hydrogens (tertiary/aromatic N) is 1. The zero-order valence-electron chi connectivity index (χ0n) is 12.5. The van der Waals surface area contributed by atoms with E-state index in [-0.39, 0.29) is 5.56 Å². The molecule has 9 heteroatoms. The third-order valence-corrected chi connectivity index (χ3v) is 3.79. The molecule has 0 fully saturated rings. The normalized spacial score (nSPS) is 11.4. The third kappa shape index (κ3) is 3.36. The number of amides is 1. The van der Waals surface area contributed by atoms with Crippen LogP contribution in [0.3, 0.4) is 0 Å². The predicted octanol–water partition coefficient (Wildman–Crippen LogP) is 1.99. The van der Waals surface area contributed by atoms with Gasteiger partial charge >= 0.3 is 0 Å². The van der Waals surface area contributed by atoms with Crippen LogP contribution in [-0.4, -0.2) is 30.8 Å². The molecule has 2 aromatic carbocycles. The van der Waals surface area contributed by atoms with Crippen molar-refractivity contribution in [3.63, 3.8) is 0 Å². The second kappa shape index (κ2) is 5.95. The molecule has 0 aliphatic heterocycles. The Balaban J connectivity index is 1.93. The Bertz CT molecular complexity index is 1010. The van der Waals surface area contributed by atoms with E-state index in [1.807, 2.05) is 0 Å². The van der Waals surface area contributed by atoms with E-state index in [1.54, 1.807) is 35.8 Å². The molecule has 0 radical (unpaired) electrons. The Morgan fingerprint density at radius 3 is 2.50 bits per heavy atom. The molecule has 0 saturated heterocycles. The molecule has 0 unspecified atom stereocenters. The standard InChI is InChI=1S/C15H13N3O5S/c1-24(21,22)18-11-5-2-9(3-6-11)15-16-12-8-10(14(19)17-20)4-7-13(12)23-15/h2-8,18,20H,1H3,(H,17,19). The molecule has 3 rings (SSSR count). The van der Waals surface area contributed by atoms with Gasteiger partial charge in [0.05, 0.1) is 6.26 Å². The van der Waals surface area contributed by atoms with Crippen LogP contribution in [-0.2, 0) is 10.0 Å². The van der Waals surface area contributed by atoms with Gasteiger partial charge in [0.25, 0.3) is 5.91 Å². The van der Waals surface area contributed by atoms with Gasteiger partial charge in [-0.2, -0.15) is 0 Å². The van der Waals surface area contributed by atoms with Crippen LogP contribution in [0.1, 0.15) is 10.4 Å². The van der Waals surface area contributed by atoms with E-state index in [4.69, 9.17) is 9.62 Å². The second-order valence-corrected chi connectivity index (χ2v) is 6.84. The molecular formula is C15H13N3O5S. The lowest BCUT2D eigenvalue weighted by Gasteiger charge is -2.03. The first-order chi connectivity index (χ1) is 11.4. The number of carbonyl (C=O) groups excluding carboxylic acids is 1. The summed E-state index contributed by atoms with van der Waals surface area (Å²) in [5, 5.41) is 8.66. The van der Waals surface area contributed by atoms with Crippen molar-refractivity contribution in [3.8, 4) is 11.5 Å². The minimum absolute atomic E-state index is 0.248. The molecule has 124 valence electrons. The summed E-state index contributed by atoms with van der Waals surface area (Å²) < 4.78 is 30.4. The molecular weight excluding hydrogens is 334 g/mol. The fourth-order valence-electron chi connectivity index (χ4n) is 2.15. The SMILES string of the molecule is CS(=O)(=O)Nc1ccc(-c2nc3cc(C(=O)NO)ccc3o2)cc1. The van der Waals surface area contributed by atoms with E-state index >= 15 is 0 Å². The maximum Gasteiger partial charge on any atom is 0.274 e. The molecule has 0 aliphatic rings. The van der Waals surface area contributed by atoms with Crippen LogP contribution in [0.15, 0.2) is 46.9 Å². The van der Waals surface area contributed by atoms with E-state index in [2.05, 4.69) is 9.71 Å². The molecule has 0 atom stereocenters. The average molecular weight is 347 g/mol. The fourth-order valence-corrected chi connectivity index (χ4v) is 2.72. The Morgan fingerprint density at radius 2 is 1.88 bits per heavy atom. The largest absolute Gasteiger partial charge is 0.436 e. The Kier molecular flexibility index (Phi) is 3.96. The smallest absolute Gasteiger partial charge is 0.274 e. The molecule has 24 heavy (non-hydrogen) atoms. The van der Waals surface area contributed by atoms with Gasteiger partial charge in [-0.05, 0) is 42.5 Å². The van der Waals surface area contributed by atoms with Crippen molar-refractivity contribution < 1.29 is 22.8 Å². The van der Waals surface area contributed by atoms with Crippen molar-refractivity contribution in [2.24, 2.45) is 0 Å². The van der Waals surface area contributed by atoms with Crippen LogP contribution >= 0.6 is 0 Å². The zero-order valence-corrected chi connectivity index (χ0v) is 13.3. The Hall–Kier alpha value is -2.91. The highest BCUT2D eigenvalue weighted by atomic mass is 32.2. The highest BCUT2D eigenvalue weighted by molar-refractivity contribution is 7.92. The first-order valence-electron chi connectivity index (χ1n) is 6.79. The van der Waals surface area contributed by atoms with Crippen LogP contribution < -0.4 is 10.2 Å². The molecule has 0 bridgehead atoms. The third-order valence-electron chi connectivity index (χ3n) is 3.19. The highest BCUT2D eigenvalue weighted by Crippen LogP contribution is 2.26. The van der Waals surface area contributed by atoms with Crippen LogP contribution in [0.2, 0.25) is 0 Å². The molecule has 1 aromatic heterocycles. The lowest BCUT2D eigenvalue weighted by atomic mass is 10.2. The van der Waals surface area contributed by atoms with Gasteiger partial charge in [0.2, 0.25) is 15.9 Å². The summed E-state index contributed by atoms with van der Waals surface area (Å²) in [5.74, 6) is -0.310. The zero-order chi connectivity index (χ0) is 17.3. The number of nitrogens with one attached hydrogen (secondary N) is 2. The fraction of sp³-hybridized carbons (Fsp3) is 0.0667. The minimum atomic E-state index is -3.34. The molecule has 3 N–H and O–H groups in total. The van der Waals surface area contributed by atoms with Gasteiger partial charge < -0.3 is 4.42 Å². The van der Waals surface area contributed by atoms with Gasteiger partial charge in [0.1, 0.15) is 5.52 Å². The number of sulfonamides is 1. The molecule has 1 heterocycles. The number of hydrogen-bond donors (Lipinski definition) is 3. The molecule has 0 aliphatic carbocycles. The average Bonchev–Trinajstić information content (AvgIpc) is 2.96. The summed E-state index contributed by atoms with van der Waals surface area (Å²) in [7, 11) is -3.34. The van der Waals surface area contributed by atoms with E-state index in [0.29, 0.717) is 28.2 Å². The van der Waals surface area contributed by atoms with Crippen LogP contribution in [0.25, 0.3) is 22.6 Å². The Labute approximate surface area is 137 Å². The van der Waals surface area contributed by atoms with E-state index in [9.17, 15) is 13.2 Å². The first-order valence-corrected chi connectivity index (χ1v) is 8.68. The highest BCUT2D eigenvalue weighted by Gasteiger charge is 2.12. The quantitative estimate of drug-likeness (QED) is 0.490. The van der Waals surface area contributed by atoms with Gasteiger partial charge in [-0.15, -0.1) is 0 Å². The van der Waals surface area contributed by atoms with Crippen molar-refractivity contribution in [2.45, 2.75) is 0 Å². The van der Waals surface area contributed by atoms with Gasteiger partial charge in [-0.3, -0.25) is 14.7 Å². The van der Waals surface area contributed by atoms with E-state index in [1.165, 1.54) is 12.1 Å². The molecule has 1 amide bonds. The van der Waals surface area contributed by atoms with Crippen LogP contribution in [0.4, 0.5) is 5.69 Å². The van der Waals surface area contributed by atoms with Crippen molar-refractivity contribution in [3.05, 3.63) is 48.0 Å². The van der Waals surface area contributed by atoms with Gasteiger partial charge in [0, 0.05) is 16.8 Å². The summed E-state index contributed by atoms with van der Waals surface area (Å²) >= 11 is 0. The van der Waals surface area contributed by atoms with Crippen LogP contribution in [0, 0.1) is 0 Å². The van der Waals surface area contributed by atoms with Gasteiger partial charge in [-0.25, -0.2) is 18.9 Å². The maximum atomic E-state index is 11.4. The molecule has 8 nitrogen and oxygen atoms in total. The number of benzene rings is 2. The predicted molar refractivity (Wildman–Crippen MR) is 87.2 cm³/mol. The molecule has 0 saturated carbocycles. The number of hydrogen-bond acceptors (Lipinski definition) is 6. The lowest BCUT2D eigenvalue weighted by molar-refractivity contribution is 0.0706. The topological polar surface area (TPSA) is 122 Å². The van der Waals surface area contributed by atoms with Crippen LogP contribution in [0.5, 0.6) is 0 Å². The Morgan fingerprint density at radius 1 is 1.17 bits per heavy atom. The van der Waals surface area contributed by atoms with E-state index in [0.717, 1.165) is 6.26 Å². The number of anilines is 1. The number of rotatable bonds is 4. The maximum absolute atomic E-state index is 11.4. The first kappa shape index (κ1) is 16.0. The van der Waals surface area contributed by atoms with Gasteiger partial charge in [0.15, 0.2) is 5.58 Å². The van der Waals surface area contributed by atoms with Gasteiger partial charge in [-0.1, -0.05) is 0 Å². The summed E-state index contributed by atoms with van der Waals surface area (Å²) in [6.45, 7) is 0. The number of oxazole rings is 1. The number of aromatic nitrogens is 1. The monoisotopic (exact) mass is 347 g/mol. The van der Waals surface area contributed by atoms with Crippen molar-refractivity contribution >= 4 is 32.7 Å². The second-order valence-electron chi connectivity index (χ2n) is 5.09. The number of carbonyl (C=O) groups is 1. The summed E-state index contributed by atoms with van der Waals surface area (Å²) in [6, 6.07) is 11.1. The summed E-state index contributed by atoms with van der Waals surface area (Å²) in [6.07, 6.45) is 1.07. The molecule has 3 aromatic rings. The van der Waals surface area contributed by atoms with Crippen molar-refractivity contribution in [2.75, 3.05) is 11.0 Å². The van der Waals surface area contributed by atoms with Crippen molar-refractivity contribution in [1.29, 1.82) is 0 Å².